The summed E-state index contributed by atoms with van der Waals surface area (Å²) in [4.78, 5) is 37.2. The Morgan fingerprint density at radius 2 is 2.03 bits per heavy atom. The monoisotopic (exact) mass is 401 g/mol. The van der Waals surface area contributed by atoms with Crippen LogP contribution in [0.3, 0.4) is 0 Å². The minimum atomic E-state index is -0.943. The lowest BCUT2D eigenvalue weighted by molar-refractivity contribution is -0.137. The van der Waals surface area contributed by atoms with E-state index in [2.05, 4.69) is 31.7 Å². The number of nitriles is 1. The van der Waals surface area contributed by atoms with Crippen LogP contribution in [0.5, 0.6) is 0 Å². The van der Waals surface area contributed by atoms with E-state index in [1.165, 1.54) is 6.20 Å². The van der Waals surface area contributed by atoms with E-state index in [4.69, 9.17) is 5.73 Å². The summed E-state index contributed by atoms with van der Waals surface area (Å²) in [6, 6.07) is 7.39. The fraction of sp³-hybridized carbons (Fsp3) is 0.238. The number of anilines is 2. The van der Waals surface area contributed by atoms with Crippen molar-refractivity contribution in [3.8, 4) is 17.3 Å². The SMILES string of the molecule is Cc1ccncc1-c1cc2cc(NC(=O)C(=O)NC3(C#N)CCC3)ncc2c(N)n1. The van der Waals surface area contributed by atoms with Crippen molar-refractivity contribution >= 4 is 34.2 Å². The number of nitrogens with two attached hydrogens (primary N) is 1. The number of pyridine rings is 3. The summed E-state index contributed by atoms with van der Waals surface area (Å²) in [5.74, 6) is -1.25. The van der Waals surface area contributed by atoms with Gasteiger partial charge in [-0.25, -0.2) is 9.97 Å². The zero-order chi connectivity index (χ0) is 21.3. The molecule has 30 heavy (non-hydrogen) atoms. The molecule has 2 amide bonds. The summed E-state index contributed by atoms with van der Waals surface area (Å²) in [5.41, 5.74) is 7.64. The first kappa shape index (κ1) is 19.3. The number of carbonyl (C=O) groups is 2. The first-order chi connectivity index (χ1) is 14.4. The lowest BCUT2D eigenvalue weighted by Gasteiger charge is -2.35. The molecule has 150 valence electrons. The van der Waals surface area contributed by atoms with Gasteiger partial charge in [0.05, 0.1) is 11.8 Å². The second kappa shape index (κ2) is 7.40. The van der Waals surface area contributed by atoms with E-state index < -0.39 is 17.4 Å². The van der Waals surface area contributed by atoms with E-state index in [0.717, 1.165) is 17.5 Å². The summed E-state index contributed by atoms with van der Waals surface area (Å²) in [7, 11) is 0. The Morgan fingerprint density at radius 3 is 2.70 bits per heavy atom. The minimum absolute atomic E-state index is 0.196. The van der Waals surface area contributed by atoms with Gasteiger partial charge in [0.25, 0.3) is 0 Å². The number of nitrogens with zero attached hydrogens (tertiary/aromatic N) is 4. The summed E-state index contributed by atoms with van der Waals surface area (Å²) in [6.07, 6.45) is 6.83. The third-order valence-corrected chi connectivity index (χ3v) is 5.28. The maximum absolute atomic E-state index is 12.3. The van der Waals surface area contributed by atoms with Gasteiger partial charge in [-0.05, 0) is 55.3 Å². The third-order valence-electron chi connectivity index (χ3n) is 5.28. The van der Waals surface area contributed by atoms with Gasteiger partial charge in [-0.2, -0.15) is 5.26 Å². The molecule has 1 aliphatic rings. The lowest BCUT2D eigenvalue weighted by atomic mass is 9.78. The van der Waals surface area contributed by atoms with Gasteiger partial charge < -0.3 is 16.4 Å². The van der Waals surface area contributed by atoms with Crippen LogP contribution in [0.25, 0.3) is 22.0 Å². The molecule has 9 nitrogen and oxygen atoms in total. The van der Waals surface area contributed by atoms with Gasteiger partial charge in [-0.15, -0.1) is 0 Å². The molecular weight excluding hydrogens is 382 g/mol. The highest BCUT2D eigenvalue weighted by Crippen LogP contribution is 2.31. The molecule has 3 aromatic rings. The number of nitrogen functional groups attached to an aromatic ring is 1. The molecule has 0 aliphatic heterocycles. The average molecular weight is 401 g/mol. The third kappa shape index (κ3) is 3.51. The fourth-order valence-corrected chi connectivity index (χ4v) is 3.35. The van der Waals surface area contributed by atoms with E-state index in [0.29, 0.717) is 35.1 Å². The van der Waals surface area contributed by atoms with Gasteiger partial charge in [-0.1, -0.05) is 0 Å². The van der Waals surface area contributed by atoms with Gasteiger partial charge in [0.2, 0.25) is 0 Å². The van der Waals surface area contributed by atoms with E-state index in [-0.39, 0.29) is 5.82 Å². The van der Waals surface area contributed by atoms with Crippen LogP contribution >= 0.6 is 0 Å². The van der Waals surface area contributed by atoms with E-state index >= 15 is 0 Å². The Morgan fingerprint density at radius 1 is 1.23 bits per heavy atom. The van der Waals surface area contributed by atoms with Crippen LogP contribution < -0.4 is 16.4 Å². The Kier molecular flexibility index (Phi) is 4.75. The molecule has 0 atom stereocenters. The number of fused-ring (bicyclic) bond motifs is 1. The number of aryl methyl sites for hydroxylation is 1. The topological polar surface area (TPSA) is 147 Å². The lowest BCUT2D eigenvalue weighted by Crippen LogP contribution is -2.55. The second-order valence-corrected chi connectivity index (χ2v) is 7.33. The van der Waals surface area contributed by atoms with Crippen molar-refractivity contribution in [1.29, 1.82) is 5.26 Å². The number of aromatic nitrogens is 3. The van der Waals surface area contributed by atoms with Gasteiger partial charge in [0.1, 0.15) is 17.2 Å². The molecule has 0 aromatic carbocycles. The van der Waals surface area contributed by atoms with Crippen LogP contribution in [0.1, 0.15) is 24.8 Å². The Bertz CT molecular complexity index is 1210. The van der Waals surface area contributed by atoms with E-state index in [1.807, 2.05) is 19.1 Å². The smallest absolute Gasteiger partial charge is 0.314 e. The molecule has 1 aliphatic carbocycles. The van der Waals surface area contributed by atoms with Crippen molar-refractivity contribution in [2.75, 3.05) is 11.1 Å². The van der Waals surface area contributed by atoms with Crippen LogP contribution in [-0.4, -0.2) is 32.3 Å². The van der Waals surface area contributed by atoms with Crippen LogP contribution in [0, 0.1) is 18.3 Å². The number of amides is 2. The summed E-state index contributed by atoms with van der Waals surface area (Å²) >= 11 is 0. The molecule has 1 fully saturated rings. The van der Waals surface area contributed by atoms with Gasteiger partial charge in [-0.3, -0.25) is 14.6 Å². The molecule has 4 N–H and O–H groups in total. The molecule has 3 aromatic heterocycles. The minimum Gasteiger partial charge on any atom is -0.383 e. The molecule has 0 spiro atoms. The molecule has 0 saturated heterocycles. The van der Waals surface area contributed by atoms with Crippen molar-refractivity contribution in [3.05, 3.63) is 42.4 Å². The highest BCUT2D eigenvalue weighted by Gasteiger charge is 2.39. The predicted molar refractivity (Wildman–Crippen MR) is 111 cm³/mol. The van der Waals surface area contributed by atoms with Gasteiger partial charge in [0.15, 0.2) is 0 Å². The standard InChI is InChI=1S/C21H19N7O2/c1-12-3-6-24-9-14(12)16-7-13-8-17(25-10-15(13)18(23)26-16)27-19(29)20(30)28-21(11-22)4-2-5-21/h3,6-10H,2,4-5H2,1H3,(H2,23,26)(H,28,30)(H,25,27,29). The Balaban J connectivity index is 1.60. The van der Waals surface area contributed by atoms with Crippen LogP contribution in [-0.2, 0) is 9.59 Å². The summed E-state index contributed by atoms with van der Waals surface area (Å²) < 4.78 is 0. The maximum atomic E-state index is 12.3. The quantitative estimate of drug-likeness (QED) is 0.569. The molecule has 4 rings (SSSR count). The van der Waals surface area contributed by atoms with Gasteiger partial charge >= 0.3 is 11.8 Å². The van der Waals surface area contributed by atoms with Crippen molar-refractivity contribution in [1.82, 2.24) is 20.3 Å². The molecule has 3 heterocycles. The van der Waals surface area contributed by atoms with Gasteiger partial charge in [0, 0.05) is 29.5 Å². The normalized spacial score (nSPS) is 14.4. The average Bonchev–Trinajstić information content (AvgIpc) is 2.70. The predicted octanol–water partition coefficient (Wildman–Crippen LogP) is 2.08. The number of hydrogen-bond acceptors (Lipinski definition) is 7. The number of hydrogen-bond donors (Lipinski definition) is 3. The molecule has 1 saturated carbocycles. The Hall–Kier alpha value is -4.06. The fourth-order valence-electron chi connectivity index (χ4n) is 3.35. The Labute approximate surface area is 172 Å². The summed E-state index contributed by atoms with van der Waals surface area (Å²) in [6.45, 7) is 1.95. The van der Waals surface area contributed by atoms with Crippen LogP contribution in [0.2, 0.25) is 0 Å². The molecular formula is C21H19N7O2. The largest absolute Gasteiger partial charge is 0.383 e. The highest BCUT2D eigenvalue weighted by atomic mass is 16.2. The van der Waals surface area contributed by atoms with Crippen molar-refractivity contribution < 1.29 is 9.59 Å². The second-order valence-electron chi connectivity index (χ2n) is 7.33. The first-order valence-electron chi connectivity index (χ1n) is 9.43. The molecule has 0 unspecified atom stereocenters. The van der Waals surface area contributed by atoms with Crippen LogP contribution in [0.4, 0.5) is 11.6 Å². The maximum Gasteiger partial charge on any atom is 0.314 e. The van der Waals surface area contributed by atoms with Crippen molar-refractivity contribution in [2.24, 2.45) is 0 Å². The van der Waals surface area contributed by atoms with Crippen LogP contribution in [0.15, 0.2) is 36.8 Å². The summed E-state index contributed by atoms with van der Waals surface area (Å²) in [5, 5.41) is 15.5. The van der Waals surface area contributed by atoms with E-state index in [9.17, 15) is 14.9 Å². The van der Waals surface area contributed by atoms with Crippen molar-refractivity contribution in [3.63, 3.8) is 0 Å². The zero-order valence-corrected chi connectivity index (χ0v) is 16.3. The molecule has 0 radical (unpaired) electrons. The first-order valence-corrected chi connectivity index (χ1v) is 9.43. The molecule has 9 heteroatoms. The number of rotatable bonds is 3. The van der Waals surface area contributed by atoms with E-state index in [1.54, 1.807) is 18.5 Å². The number of nitrogens with one attached hydrogen (secondary N) is 2. The van der Waals surface area contributed by atoms with Crippen molar-refractivity contribution in [2.45, 2.75) is 31.7 Å². The zero-order valence-electron chi connectivity index (χ0n) is 16.3. The highest BCUT2D eigenvalue weighted by molar-refractivity contribution is 6.39. The molecule has 0 bridgehead atoms. The number of carbonyl (C=O) groups excluding carboxylic acids is 2.